The van der Waals surface area contributed by atoms with Crippen molar-refractivity contribution < 1.29 is 14.4 Å². The van der Waals surface area contributed by atoms with Crippen molar-refractivity contribution in [3.05, 3.63) is 11.7 Å². The lowest BCUT2D eigenvalue weighted by atomic mass is 9.94. The van der Waals surface area contributed by atoms with Crippen LogP contribution in [0.1, 0.15) is 65.2 Å². The van der Waals surface area contributed by atoms with Gasteiger partial charge in [0.2, 0.25) is 11.8 Å². The minimum atomic E-state index is -0.511. The highest BCUT2D eigenvalue weighted by atomic mass is 16.5. The van der Waals surface area contributed by atoms with Crippen molar-refractivity contribution in [2.24, 2.45) is 5.92 Å². The van der Waals surface area contributed by atoms with Gasteiger partial charge in [0.15, 0.2) is 5.82 Å². The molecule has 0 aliphatic carbocycles. The van der Waals surface area contributed by atoms with Crippen molar-refractivity contribution in [3.8, 4) is 0 Å². The van der Waals surface area contributed by atoms with Gasteiger partial charge < -0.3 is 14.9 Å². The number of carbonyl (C=O) groups excluding carboxylic acids is 1. The zero-order valence-corrected chi connectivity index (χ0v) is 15.4. The molecule has 1 fully saturated rings. The molecule has 1 amide bonds. The van der Waals surface area contributed by atoms with Crippen LogP contribution >= 0.6 is 0 Å². The van der Waals surface area contributed by atoms with Crippen LogP contribution in [0.25, 0.3) is 0 Å². The Bertz CT molecular complexity index is 542. The van der Waals surface area contributed by atoms with E-state index < -0.39 is 6.10 Å². The van der Waals surface area contributed by atoms with Crippen molar-refractivity contribution in [2.45, 2.75) is 65.0 Å². The first-order valence-corrected chi connectivity index (χ1v) is 8.72. The Balaban J connectivity index is 1.87. The van der Waals surface area contributed by atoms with Gasteiger partial charge >= 0.3 is 0 Å². The number of aliphatic hydroxyl groups excluding tert-OH is 1. The van der Waals surface area contributed by atoms with Gasteiger partial charge in [0.05, 0.1) is 12.1 Å². The number of aromatic nitrogens is 2. The average Bonchev–Trinajstić information content (AvgIpc) is 3.02. The summed E-state index contributed by atoms with van der Waals surface area (Å²) in [5.41, 5.74) is -0.129. The number of rotatable bonds is 5. The molecule has 136 valence electrons. The number of carbonyl (C=O) groups is 1. The molecule has 7 heteroatoms. The van der Waals surface area contributed by atoms with Crippen molar-refractivity contribution in [2.75, 3.05) is 19.6 Å². The molecule has 1 aromatic rings. The highest BCUT2D eigenvalue weighted by Gasteiger charge is 2.31. The zero-order chi connectivity index (χ0) is 17.9. The summed E-state index contributed by atoms with van der Waals surface area (Å²) >= 11 is 0. The maximum atomic E-state index is 12.1. The number of piperidine rings is 1. The van der Waals surface area contributed by atoms with Gasteiger partial charge in [0.1, 0.15) is 0 Å². The van der Waals surface area contributed by atoms with Crippen molar-refractivity contribution in [1.29, 1.82) is 0 Å². The number of hydrogen-bond acceptors (Lipinski definition) is 6. The van der Waals surface area contributed by atoms with Crippen LogP contribution in [0.3, 0.4) is 0 Å². The molecular weight excluding hydrogens is 308 g/mol. The van der Waals surface area contributed by atoms with Crippen molar-refractivity contribution in [1.82, 2.24) is 20.4 Å². The molecule has 7 nitrogen and oxygen atoms in total. The molecule has 2 rings (SSSR count). The molecule has 1 aliphatic heterocycles. The van der Waals surface area contributed by atoms with Gasteiger partial charge in [-0.3, -0.25) is 9.69 Å². The predicted octanol–water partition coefficient (Wildman–Crippen LogP) is 1.64. The fourth-order valence-corrected chi connectivity index (χ4v) is 2.81. The number of likely N-dealkylation sites (tertiary alicyclic amines) is 1. The third-order valence-corrected chi connectivity index (χ3v) is 4.49. The molecule has 2 heterocycles. The van der Waals surface area contributed by atoms with E-state index in [9.17, 15) is 9.90 Å². The third kappa shape index (κ3) is 4.77. The average molecular weight is 338 g/mol. The molecule has 0 unspecified atom stereocenters. The van der Waals surface area contributed by atoms with Crippen LogP contribution in [0.2, 0.25) is 0 Å². The van der Waals surface area contributed by atoms with E-state index in [1.807, 2.05) is 0 Å². The summed E-state index contributed by atoms with van der Waals surface area (Å²) in [6, 6.07) is 0.0510. The maximum absolute atomic E-state index is 12.1. The zero-order valence-electron chi connectivity index (χ0n) is 15.4. The summed E-state index contributed by atoms with van der Waals surface area (Å²) in [6.45, 7) is 11.9. The normalized spacial score (nSPS) is 19.9. The van der Waals surface area contributed by atoms with Crippen LogP contribution in [-0.2, 0) is 10.2 Å². The summed E-state index contributed by atoms with van der Waals surface area (Å²) in [4.78, 5) is 18.9. The van der Waals surface area contributed by atoms with E-state index in [0.29, 0.717) is 12.4 Å². The molecule has 24 heavy (non-hydrogen) atoms. The van der Waals surface area contributed by atoms with Gasteiger partial charge in [-0.15, -0.1) is 0 Å². The number of hydrogen-bond donors (Lipinski definition) is 2. The van der Waals surface area contributed by atoms with Crippen LogP contribution < -0.4 is 5.32 Å². The van der Waals surface area contributed by atoms with Gasteiger partial charge in [-0.05, 0) is 39.8 Å². The largest absolute Gasteiger partial charge is 0.392 e. The fraction of sp³-hybridized carbons (Fsp3) is 0.824. The van der Waals surface area contributed by atoms with Crippen LogP contribution in [0.5, 0.6) is 0 Å². The Morgan fingerprint density at radius 3 is 2.50 bits per heavy atom. The van der Waals surface area contributed by atoms with Crippen LogP contribution in [0.15, 0.2) is 4.52 Å². The number of aliphatic hydroxyl groups is 1. The lowest BCUT2D eigenvalue weighted by Crippen LogP contribution is -2.42. The summed E-state index contributed by atoms with van der Waals surface area (Å²) in [5, 5.41) is 16.1. The number of nitrogens with one attached hydrogen (secondary N) is 1. The van der Waals surface area contributed by atoms with E-state index in [4.69, 9.17) is 4.52 Å². The fourth-order valence-electron chi connectivity index (χ4n) is 2.81. The molecule has 0 bridgehead atoms. The Kier molecular flexibility index (Phi) is 5.98. The van der Waals surface area contributed by atoms with Crippen LogP contribution in [0.4, 0.5) is 0 Å². The van der Waals surface area contributed by atoms with E-state index >= 15 is 0 Å². The Hall–Kier alpha value is -1.47. The topological polar surface area (TPSA) is 91.5 Å². The van der Waals surface area contributed by atoms with E-state index in [-0.39, 0.29) is 23.3 Å². The monoisotopic (exact) mass is 338 g/mol. The summed E-state index contributed by atoms with van der Waals surface area (Å²) < 4.78 is 5.44. The second-order valence-electron chi connectivity index (χ2n) is 7.79. The molecule has 1 saturated heterocycles. The van der Waals surface area contributed by atoms with Crippen molar-refractivity contribution >= 4 is 5.91 Å². The molecule has 0 radical (unpaired) electrons. The Morgan fingerprint density at radius 2 is 2.00 bits per heavy atom. The third-order valence-electron chi connectivity index (χ3n) is 4.49. The molecule has 0 spiro atoms. The highest BCUT2D eigenvalue weighted by molar-refractivity contribution is 5.78. The highest BCUT2D eigenvalue weighted by Crippen LogP contribution is 2.27. The SMILES string of the molecule is C[C@H](c1nc(C(C)(C)C)no1)N1CCC(C(=O)NC[C@@H](C)O)CC1. The quantitative estimate of drug-likeness (QED) is 0.848. The summed E-state index contributed by atoms with van der Waals surface area (Å²) in [6.07, 6.45) is 1.09. The van der Waals surface area contributed by atoms with Crippen molar-refractivity contribution in [3.63, 3.8) is 0 Å². The molecule has 1 aromatic heterocycles. The molecule has 2 atom stereocenters. The first kappa shape index (κ1) is 18.9. The Morgan fingerprint density at radius 1 is 1.38 bits per heavy atom. The summed E-state index contributed by atoms with van der Waals surface area (Å²) in [7, 11) is 0. The van der Waals surface area contributed by atoms with Crippen LogP contribution in [0, 0.1) is 5.92 Å². The van der Waals surface area contributed by atoms with E-state index in [1.54, 1.807) is 6.92 Å². The predicted molar refractivity (Wildman–Crippen MR) is 90.4 cm³/mol. The second kappa shape index (κ2) is 7.61. The van der Waals surface area contributed by atoms with Gasteiger partial charge in [-0.25, -0.2) is 0 Å². The molecule has 0 saturated carbocycles. The maximum Gasteiger partial charge on any atom is 0.243 e. The smallest absolute Gasteiger partial charge is 0.243 e. The van der Waals surface area contributed by atoms with E-state index in [2.05, 4.69) is 48.1 Å². The van der Waals surface area contributed by atoms with E-state index in [1.165, 1.54) is 0 Å². The lowest BCUT2D eigenvalue weighted by molar-refractivity contribution is -0.127. The first-order valence-electron chi connectivity index (χ1n) is 8.72. The Labute approximate surface area is 143 Å². The second-order valence-corrected chi connectivity index (χ2v) is 7.79. The standard InChI is InChI=1S/C17H30N4O3/c1-11(22)10-18-14(23)13-6-8-21(9-7-13)12(2)15-19-16(20-24-15)17(3,4)5/h11-13,22H,6-10H2,1-5H3,(H,18,23)/t11-,12-/m1/s1. The molecular formula is C17H30N4O3. The molecule has 0 aromatic carbocycles. The minimum absolute atomic E-state index is 0.0139. The van der Waals surface area contributed by atoms with Crippen LogP contribution in [-0.4, -0.2) is 51.8 Å². The lowest BCUT2D eigenvalue weighted by Gasteiger charge is -2.34. The van der Waals surface area contributed by atoms with Gasteiger partial charge in [-0.2, -0.15) is 4.98 Å². The molecule has 2 N–H and O–H groups in total. The van der Waals surface area contributed by atoms with Gasteiger partial charge in [0.25, 0.3) is 0 Å². The minimum Gasteiger partial charge on any atom is -0.392 e. The first-order chi connectivity index (χ1) is 11.2. The van der Waals surface area contributed by atoms with Gasteiger partial charge in [0, 0.05) is 17.9 Å². The van der Waals surface area contributed by atoms with Gasteiger partial charge in [-0.1, -0.05) is 25.9 Å². The summed E-state index contributed by atoms with van der Waals surface area (Å²) in [5.74, 6) is 1.41. The number of amides is 1. The van der Waals surface area contributed by atoms with E-state index in [0.717, 1.165) is 31.8 Å². The molecule has 1 aliphatic rings. The number of nitrogens with zero attached hydrogens (tertiary/aromatic N) is 3.